The third-order valence-electron chi connectivity index (χ3n) is 4.66. The van der Waals surface area contributed by atoms with E-state index in [1.807, 2.05) is 26.8 Å². The molecule has 1 amide bonds. The molecule has 7 nitrogen and oxygen atoms in total. The average molecular weight is 404 g/mol. The Bertz CT molecular complexity index is 1140. The molecule has 30 heavy (non-hydrogen) atoms. The summed E-state index contributed by atoms with van der Waals surface area (Å²) in [6.45, 7) is 9.48. The van der Waals surface area contributed by atoms with Gasteiger partial charge in [0, 0.05) is 17.2 Å². The highest BCUT2D eigenvalue weighted by Crippen LogP contribution is 2.26. The maximum absolute atomic E-state index is 12.8. The van der Waals surface area contributed by atoms with Gasteiger partial charge in [-0.1, -0.05) is 45.6 Å². The van der Waals surface area contributed by atoms with Crippen molar-refractivity contribution < 1.29 is 4.79 Å². The summed E-state index contributed by atoms with van der Waals surface area (Å²) in [5.41, 5.74) is 0.504. The van der Waals surface area contributed by atoms with Gasteiger partial charge < -0.3 is 16.0 Å². The van der Waals surface area contributed by atoms with Gasteiger partial charge in [-0.15, -0.1) is 0 Å². The van der Waals surface area contributed by atoms with Crippen molar-refractivity contribution in [3.63, 3.8) is 0 Å². The summed E-state index contributed by atoms with van der Waals surface area (Å²) >= 11 is 0. The smallest absolute Gasteiger partial charge is 0.253 e. The Hall–Kier alpha value is -3.74. The van der Waals surface area contributed by atoms with Crippen LogP contribution < -0.4 is 26.8 Å². The van der Waals surface area contributed by atoms with Crippen molar-refractivity contribution in [3.05, 3.63) is 86.9 Å². The van der Waals surface area contributed by atoms with Crippen LogP contribution in [0.4, 0.5) is 17.1 Å². The van der Waals surface area contributed by atoms with Crippen LogP contribution in [0.3, 0.4) is 0 Å². The third kappa shape index (κ3) is 4.46. The van der Waals surface area contributed by atoms with Crippen LogP contribution in [0.15, 0.2) is 65.0 Å². The fourth-order valence-corrected chi connectivity index (χ4v) is 2.86. The number of carbonyl (C=O) groups excluding carboxylic acids is 1. The van der Waals surface area contributed by atoms with Gasteiger partial charge >= 0.3 is 0 Å². The van der Waals surface area contributed by atoms with E-state index in [9.17, 15) is 14.4 Å². The first-order valence-electron chi connectivity index (χ1n) is 9.51. The molecule has 0 saturated carbocycles. The fraction of sp³-hybridized carbons (Fsp3) is 0.217. The van der Waals surface area contributed by atoms with Crippen LogP contribution >= 0.6 is 0 Å². The van der Waals surface area contributed by atoms with Gasteiger partial charge in [0.05, 0.1) is 11.9 Å². The maximum atomic E-state index is 12.8. The summed E-state index contributed by atoms with van der Waals surface area (Å²) in [7, 11) is 0. The summed E-state index contributed by atoms with van der Waals surface area (Å²) in [5.74, 6) is -0.299. The van der Waals surface area contributed by atoms with E-state index < -0.39 is 22.4 Å². The molecule has 154 valence electrons. The monoisotopic (exact) mass is 404 g/mol. The highest BCUT2D eigenvalue weighted by Gasteiger charge is 2.31. The SMILES string of the molecule is C=Cc1cccc(C(=O)NC(Nc2c(Nc3cccnc3)c(=O)c2=O)C(C)(C)C)c1. The van der Waals surface area contributed by atoms with Crippen LogP contribution in [0.1, 0.15) is 36.7 Å². The molecular weight excluding hydrogens is 380 g/mol. The van der Waals surface area contributed by atoms with Gasteiger partial charge in [-0.3, -0.25) is 19.4 Å². The van der Waals surface area contributed by atoms with Crippen LogP contribution in [-0.2, 0) is 0 Å². The minimum absolute atomic E-state index is 0.143. The van der Waals surface area contributed by atoms with Crippen LogP contribution in [0.25, 0.3) is 6.08 Å². The molecule has 3 N–H and O–H groups in total. The van der Waals surface area contributed by atoms with E-state index in [-0.39, 0.29) is 17.3 Å². The zero-order valence-corrected chi connectivity index (χ0v) is 17.2. The lowest BCUT2D eigenvalue weighted by Gasteiger charge is -2.33. The lowest BCUT2D eigenvalue weighted by Crippen LogP contribution is -2.51. The second kappa shape index (κ2) is 8.32. The van der Waals surface area contributed by atoms with E-state index in [2.05, 4.69) is 27.5 Å². The molecule has 2 aromatic carbocycles. The summed E-state index contributed by atoms with van der Waals surface area (Å²) in [6.07, 6.45) is 4.22. The molecule has 0 spiro atoms. The fourth-order valence-electron chi connectivity index (χ4n) is 2.86. The lowest BCUT2D eigenvalue weighted by molar-refractivity contribution is 0.0913. The first-order chi connectivity index (χ1) is 14.2. The van der Waals surface area contributed by atoms with E-state index in [0.29, 0.717) is 11.3 Å². The molecule has 1 atom stereocenters. The maximum Gasteiger partial charge on any atom is 0.253 e. The number of hydrogen-bond donors (Lipinski definition) is 3. The van der Waals surface area contributed by atoms with Crippen molar-refractivity contribution in [1.82, 2.24) is 10.3 Å². The number of carbonyl (C=O) groups is 1. The molecule has 1 unspecified atom stereocenters. The largest absolute Gasteiger partial charge is 0.360 e. The van der Waals surface area contributed by atoms with E-state index in [4.69, 9.17) is 0 Å². The minimum atomic E-state index is -0.626. The first kappa shape index (κ1) is 21.0. The Balaban J connectivity index is 1.84. The number of hydrogen-bond acceptors (Lipinski definition) is 6. The van der Waals surface area contributed by atoms with Gasteiger partial charge in [0.15, 0.2) is 0 Å². The van der Waals surface area contributed by atoms with E-state index in [1.165, 1.54) is 0 Å². The van der Waals surface area contributed by atoms with Crippen LogP contribution in [0.5, 0.6) is 0 Å². The summed E-state index contributed by atoms with van der Waals surface area (Å²) in [6, 6.07) is 10.5. The highest BCUT2D eigenvalue weighted by atomic mass is 16.2. The molecule has 0 fully saturated rings. The number of nitrogens with zero attached hydrogens (tertiary/aromatic N) is 1. The molecule has 3 aromatic rings. The van der Waals surface area contributed by atoms with Crippen LogP contribution in [0.2, 0.25) is 0 Å². The Morgan fingerprint density at radius 3 is 2.47 bits per heavy atom. The second-order valence-corrected chi connectivity index (χ2v) is 8.02. The van der Waals surface area contributed by atoms with Gasteiger partial charge in [0.25, 0.3) is 16.8 Å². The minimum Gasteiger partial charge on any atom is -0.360 e. The van der Waals surface area contributed by atoms with Gasteiger partial charge in [-0.25, -0.2) is 0 Å². The van der Waals surface area contributed by atoms with Crippen LogP contribution in [0, 0.1) is 5.41 Å². The second-order valence-electron chi connectivity index (χ2n) is 8.02. The van der Waals surface area contributed by atoms with E-state index in [0.717, 1.165) is 5.56 Å². The lowest BCUT2D eigenvalue weighted by atomic mass is 9.91. The zero-order valence-electron chi connectivity index (χ0n) is 17.2. The average Bonchev–Trinajstić information content (AvgIpc) is 2.74. The quantitative estimate of drug-likeness (QED) is 0.413. The van der Waals surface area contributed by atoms with E-state index >= 15 is 0 Å². The Morgan fingerprint density at radius 2 is 1.83 bits per heavy atom. The molecule has 0 aliphatic carbocycles. The molecule has 0 radical (unpaired) electrons. The molecule has 0 aliphatic rings. The molecule has 3 rings (SSSR count). The Kier molecular flexibility index (Phi) is 5.82. The molecule has 0 aliphatic heterocycles. The van der Waals surface area contributed by atoms with Gasteiger partial charge in [-0.2, -0.15) is 0 Å². The summed E-state index contributed by atoms with van der Waals surface area (Å²) in [4.78, 5) is 41.1. The molecule has 1 heterocycles. The van der Waals surface area contributed by atoms with Crippen molar-refractivity contribution >= 4 is 29.0 Å². The molecule has 0 bridgehead atoms. The van der Waals surface area contributed by atoms with Crippen molar-refractivity contribution in [1.29, 1.82) is 0 Å². The predicted octanol–water partition coefficient (Wildman–Crippen LogP) is 3.28. The van der Waals surface area contributed by atoms with Gasteiger partial charge in [0.1, 0.15) is 17.5 Å². The first-order valence-corrected chi connectivity index (χ1v) is 9.51. The number of benzene rings is 1. The molecular formula is C23H24N4O3. The molecule has 1 aromatic heterocycles. The Labute approximate surface area is 174 Å². The number of nitrogens with one attached hydrogen (secondary N) is 3. The van der Waals surface area contributed by atoms with E-state index in [1.54, 1.807) is 48.8 Å². The van der Waals surface area contributed by atoms with Gasteiger partial charge in [-0.05, 0) is 29.8 Å². The molecule has 7 heteroatoms. The van der Waals surface area contributed by atoms with Crippen LogP contribution in [-0.4, -0.2) is 17.1 Å². The van der Waals surface area contributed by atoms with Crippen molar-refractivity contribution in [3.8, 4) is 0 Å². The number of anilines is 3. The zero-order chi connectivity index (χ0) is 21.9. The van der Waals surface area contributed by atoms with Gasteiger partial charge in [0.2, 0.25) is 0 Å². The topological polar surface area (TPSA) is 100 Å². The number of amides is 1. The number of pyridine rings is 1. The highest BCUT2D eigenvalue weighted by molar-refractivity contribution is 5.95. The number of aromatic nitrogens is 1. The standard InChI is InChI=1S/C23H24N4O3/c1-5-14-8-6-9-15(12-14)21(30)27-22(23(2,3)4)26-18-17(19(28)20(18)29)25-16-10-7-11-24-13-16/h5-13,22,25-26H,1H2,2-4H3,(H,27,30). The van der Waals surface area contributed by atoms with Crippen molar-refractivity contribution in [2.24, 2.45) is 5.41 Å². The normalized spacial score (nSPS) is 12.2. The van der Waals surface area contributed by atoms with Crippen molar-refractivity contribution in [2.75, 3.05) is 10.6 Å². The third-order valence-corrected chi connectivity index (χ3v) is 4.66. The number of rotatable bonds is 7. The summed E-state index contributed by atoms with van der Waals surface area (Å²) < 4.78 is 0. The predicted molar refractivity (Wildman–Crippen MR) is 120 cm³/mol. The molecule has 0 saturated heterocycles. The Morgan fingerprint density at radius 1 is 1.10 bits per heavy atom. The summed E-state index contributed by atoms with van der Waals surface area (Å²) in [5, 5.41) is 8.89. The van der Waals surface area contributed by atoms with Crippen molar-refractivity contribution in [2.45, 2.75) is 26.9 Å².